The quantitative estimate of drug-likeness (QED) is 0.670. The van der Waals surface area contributed by atoms with Gasteiger partial charge in [0.2, 0.25) is 5.89 Å². The number of likely N-dealkylation sites (tertiary alicyclic amines) is 1. The van der Waals surface area contributed by atoms with E-state index in [0.717, 1.165) is 11.3 Å². The zero-order valence-corrected chi connectivity index (χ0v) is 15.5. The van der Waals surface area contributed by atoms with Crippen LogP contribution < -0.4 is 4.74 Å². The zero-order valence-electron chi connectivity index (χ0n) is 15.5. The molecule has 0 spiro atoms. The molecule has 7 heteroatoms. The molecule has 1 aliphatic heterocycles. The maximum Gasteiger partial charge on any atom is 0.270 e. The fraction of sp³-hybridized carbons (Fsp3) is 0.350. The standard InChI is InChI=1S/C20H22N4O3/c1-14-5-3-6-16(11-14)26-10-8-18-21-19(27-22-18)15-12-24(13-15)20(25)17-7-4-9-23(17)2/h3-7,9,11,15H,8,10,12-13H2,1-2H3. The number of benzene rings is 1. The molecular formula is C20H22N4O3. The van der Waals surface area contributed by atoms with Crippen molar-refractivity contribution in [1.29, 1.82) is 0 Å². The van der Waals surface area contributed by atoms with Crippen LogP contribution in [0.25, 0.3) is 0 Å². The summed E-state index contributed by atoms with van der Waals surface area (Å²) in [7, 11) is 1.87. The summed E-state index contributed by atoms with van der Waals surface area (Å²) < 4.78 is 12.9. The van der Waals surface area contributed by atoms with Crippen molar-refractivity contribution in [3.8, 4) is 5.75 Å². The molecular weight excluding hydrogens is 344 g/mol. The van der Waals surface area contributed by atoms with E-state index >= 15 is 0 Å². The Morgan fingerprint density at radius 2 is 2.15 bits per heavy atom. The largest absolute Gasteiger partial charge is 0.493 e. The first-order valence-corrected chi connectivity index (χ1v) is 9.02. The Kier molecular flexibility index (Phi) is 4.66. The molecule has 0 atom stereocenters. The van der Waals surface area contributed by atoms with Gasteiger partial charge in [-0.05, 0) is 36.8 Å². The van der Waals surface area contributed by atoms with Crippen LogP contribution in [0.3, 0.4) is 0 Å². The van der Waals surface area contributed by atoms with Crippen molar-refractivity contribution in [3.63, 3.8) is 0 Å². The van der Waals surface area contributed by atoms with Gasteiger partial charge in [0.25, 0.3) is 5.91 Å². The van der Waals surface area contributed by atoms with Gasteiger partial charge >= 0.3 is 0 Å². The summed E-state index contributed by atoms with van der Waals surface area (Å²) in [4.78, 5) is 18.7. The van der Waals surface area contributed by atoms with E-state index in [1.54, 1.807) is 4.90 Å². The average molecular weight is 366 g/mol. The highest BCUT2D eigenvalue weighted by Gasteiger charge is 2.36. The Balaban J connectivity index is 1.27. The first-order valence-electron chi connectivity index (χ1n) is 9.02. The van der Waals surface area contributed by atoms with Crippen LogP contribution in [0.15, 0.2) is 47.1 Å². The number of aromatic nitrogens is 3. The van der Waals surface area contributed by atoms with Gasteiger partial charge in [0, 0.05) is 32.8 Å². The molecule has 7 nitrogen and oxygen atoms in total. The Morgan fingerprint density at radius 1 is 1.30 bits per heavy atom. The summed E-state index contributed by atoms with van der Waals surface area (Å²) in [6.45, 7) is 3.73. The van der Waals surface area contributed by atoms with Crippen LogP contribution >= 0.6 is 0 Å². The molecule has 1 amide bonds. The van der Waals surface area contributed by atoms with Gasteiger partial charge in [-0.15, -0.1) is 0 Å². The summed E-state index contributed by atoms with van der Waals surface area (Å²) in [5, 5.41) is 4.03. The Morgan fingerprint density at radius 3 is 2.89 bits per heavy atom. The summed E-state index contributed by atoms with van der Waals surface area (Å²) in [6, 6.07) is 11.6. The smallest absolute Gasteiger partial charge is 0.270 e. The summed E-state index contributed by atoms with van der Waals surface area (Å²) in [5.41, 5.74) is 1.85. The van der Waals surface area contributed by atoms with Crippen LogP contribution in [-0.2, 0) is 13.5 Å². The second-order valence-electron chi connectivity index (χ2n) is 6.88. The highest BCUT2D eigenvalue weighted by atomic mass is 16.5. The monoisotopic (exact) mass is 366 g/mol. The van der Waals surface area contributed by atoms with E-state index in [9.17, 15) is 4.79 Å². The van der Waals surface area contributed by atoms with Crippen LogP contribution in [0, 0.1) is 6.92 Å². The van der Waals surface area contributed by atoms with Crippen molar-refractivity contribution >= 4 is 5.91 Å². The second-order valence-corrected chi connectivity index (χ2v) is 6.88. The van der Waals surface area contributed by atoms with E-state index in [4.69, 9.17) is 9.26 Å². The lowest BCUT2D eigenvalue weighted by Crippen LogP contribution is -2.49. The fourth-order valence-electron chi connectivity index (χ4n) is 3.15. The highest BCUT2D eigenvalue weighted by Crippen LogP contribution is 2.27. The first-order chi connectivity index (χ1) is 13.1. The Hall–Kier alpha value is -3.09. The van der Waals surface area contributed by atoms with E-state index in [-0.39, 0.29) is 11.8 Å². The number of hydrogen-bond acceptors (Lipinski definition) is 5. The normalized spacial score (nSPS) is 14.2. The zero-order chi connectivity index (χ0) is 18.8. The number of carbonyl (C=O) groups is 1. The highest BCUT2D eigenvalue weighted by molar-refractivity contribution is 5.93. The number of rotatable bonds is 6. The molecule has 3 heterocycles. The van der Waals surface area contributed by atoms with Gasteiger partial charge in [0.1, 0.15) is 11.4 Å². The van der Waals surface area contributed by atoms with Gasteiger partial charge < -0.3 is 18.7 Å². The molecule has 2 aromatic heterocycles. The van der Waals surface area contributed by atoms with Gasteiger partial charge in [0.15, 0.2) is 5.82 Å². The van der Waals surface area contributed by atoms with E-state index in [2.05, 4.69) is 10.1 Å². The van der Waals surface area contributed by atoms with Crippen molar-refractivity contribution < 1.29 is 14.1 Å². The average Bonchev–Trinajstić information content (AvgIpc) is 3.23. The minimum absolute atomic E-state index is 0.0324. The number of nitrogens with zero attached hydrogens (tertiary/aromatic N) is 4. The predicted octanol–water partition coefficient (Wildman–Crippen LogP) is 2.58. The maximum absolute atomic E-state index is 12.4. The number of amides is 1. The minimum Gasteiger partial charge on any atom is -0.493 e. The molecule has 0 unspecified atom stereocenters. The van der Waals surface area contributed by atoms with Gasteiger partial charge in [-0.3, -0.25) is 4.79 Å². The second kappa shape index (κ2) is 7.26. The van der Waals surface area contributed by atoms with Crippen LogP contribution in [-0.4, -0.2) is 45.2 Å². The molecule has 1 aromatic carbocycles. The Labute approximate surface area is 157 Å². The molecule has 4 rings (SSSR count). The van der Waals surface area contributed by atoms with Gasteiger partial charge in [-0.25, -0.2) is 0 Å². The van der Waals surface area contributed by atoms with Crippen LogP contribution in [0.1, 0.15) is 33.7 Å². The molecule has 0 aliphatic carbocycles. The molecule has 0 N–H and O–H groups in total. The maximum atomic E-state index is 12.4. The fourth-order valence-corrected chi connectivity index (χ4v) is 3.15. The SMILES string of the molecule is Cc1cccc(OCCc2noc(C3CN(C(=O)c4cccn4C)C3)n2)c1. The summed E-state index contributed by atoms with van der Waals surface area (Å²) in [5.74, 6) is 2.20. The molecule has 0 radical (unpaired) electrons. The van der Waals surface area contributed by atoms with Crippen molar-refractivity contribution in [2.45, 2.75) is 19.3 Å². The number of carbonyl (C=O) groups excluding carboxylic acids is 1. The molecule has 0 bridgehead atoms. The van der Waals surface area contributed by atoms with Crippen molar-refractivity contribution in [2.24, 2.45) is 7.05 Å². The lowest BCUT2D eigenvalue weighted by Gasteiger charge is -2.37. The molecule has 0 saturated carbocycles. The van der Waals surface area contributed by atoms with E-state index < -0.39 is 0 Å². The molecule has 1 saturated heterocycles. The molecule has 1 aliphatic rings. The van der Waals surface area contributed by atoms with Crippen LogP contribution in [0.2, 0.25) is 0 Å². The van der Waals surface area contributed by atoms with Crippen molar-refractivity contribution in [3.05, 3.63) is 65.6 Å². The van der Waals surface area contributed by atoms with Crippen LogP contribution in [0.5, 0.6) is 5.75 Å². The van der Waals surface area contributed by atoms with E-state index in [1.165, 1.54) is 0 Å². The lowest BCUT2D eigenvalue weighted by atomic mass is 9.99. The summed E-state index contributed by atoms with van der Waals surface area (Å²) >= 11 is 0. The minimum atomic E-state index is 0.0324. The van der Waals surface area contributed by atoms with Gasteiger partial charge in [-0.2, -0.15) is 4.98 Å². The number of ether oxygens (including phenoxy) is 1. The van der Waals surface area contributed by atoms with E-state index in [1.807, 2.05) is 61.1 Å². The Bertz CT molecular complexity index is 940. The van der Waals surface area contributed by atoms with Gasteiger partial charge in [0.05, 0.1) is 12.5 Å². The van der Waals surface area contributed by atoms with Crippen molar-refractivity contribution in [1.82, 2.24) is 19.6 Å². The first kappa shape index (κ1) is 17.3. The topological polar surface area (TPSA) is 73.4 Å². The predicted molar refractivity (Wildman–Crippen MR) is 98.7 cm³/mol. The number of aryl methyl sites for hydroxylation is 2. The molecule has 140 valence electrons. The molecule has 3 aromatic rings. The van der Waals surface area contributed by atoms with Gasteiger partial charge in [-0.1, -0.05) is 17.3 Å². The van der Waals surface area contributed by atoms with Crippen molar-refractivity contribution in [2.75, 3.05) is 19.7 Å². The third-order valence-corrected chi connectivity index (χ3v) is 4.75. The van der Waals surface area contributed by atoms with E-state index in [0.29, 0.717) is 43.5 Å². The lowest BCUT2D eigenvalue weighted by molar-refractivity contribution is 0.0559. The summed E-state index contributed by atoms with van der Waals surface area (Å²) in [6.07, 6.45) is 2.45. The third kappa shape index (κ3) is 3.72. The molecule has 1 fully saturated rings. The number of hydrogen-bond donors (Lipinski definition) is 0. The van der Waals surface area contributed by atoms with Crippen LogP contribution in [0.4, 0.5) is 0 Å². The third-order valence-electron chi connectivity index (χ3n) is 4.75. The molecule has 27 heavy (non-hydrogen) atoms.